The molecule has 0 spiro atoms. The molecule has 1 aliphatic heterocycles. The Labute approximate surface area is 172 Å². The van der Waals surface area contributed by atoms with E-state index in [1.54, 1.807) is 25.3 Å². The van der Waals surface area contributed by atoms with Gasteiger partial charge in [0.2, 0.25) is 5.91 Å². The summed E-state index contributed by atoms with van der Waals surface area (Å²) in [6.07, 6.45) is 3.59. The van der Waals surface area contributed by atoms with Crippen molar-refractivity contribution in [3.8, 4) is 11.3 Å². The van der Waals surface area contributed by atoms with Crippen LogP contribution in [-0.2, 0) is 15.5 Å². The molecule has 1 N–H and O–H groups in total. The molecule has 0 saturated carbocycles. The van der Waals surface area contributed by atoms with Crippen LogP contribution in [0.5, 0.6) is 0 Å². The highest BCUT2D eigenvalue weighted by molar-refractivity contribution is 5.98. The van der Waals surface area contributed by atoms with E-state index in [2.05, 4.69) is 31.8 Å². The maximum Gasteiger partial charge on any atom is 0.303 e. The maximum absolute atomic E-state index is 13.9. The molecule has 30 heavy (non-hydrogen) atoms. The molecule has 0 aliphatic carbocycles. The van der Waals surface area contributed by atoms with Gasteiger partial charge in [-0.3, -0.25) is 4.79 Å². The zero-order valence-corrected chi connectivity index (χ0v) is 17.2. The molecule has 1 aliphatic rings. The predicted octanol–water partition coefficient (Wildman–Crippen LogP) is 4.08. The van der Waals surface area contributed by atoms with Crippen molar-refractivity contribution in [2.75, 3.05) is 18.5 Å². The van der Waals surface area contributed by atoms with E-state index in [1.807, 2.05) is 6.20 Å². The van der Waals surface area contributed by atoms with Crippen molar-refractivity contribution < 1.29 is 18.3 Å². The number of nitrogens with zero attached hydrogens (tertiary/aromatic N) is 4. The molecule has 4 rings (SSSR count). The van der Waals surface area contributed by atoms with Crippen LogP contribution >= 0.6 is 0 Å². The van der Waals surface area contributed by atoms with Gasteiger partial charge in [0.05, 0.1) is 30.6 Å². The minimum Gasteiger partial charge on any atom is -0.381 e. The van der Waals surface area contributed by atoms with Crippen LogP contribution in [0, 0.1) is 12.8 Å². The minimum absolute atomic E-state index is 0.124. The van der Waals surface area contributed by atoms with Gasteiger partial charge >= 0.3 is 5.92 Å². The van der Waals surface area contributed by atoms with E-state index in [4.69, 9.17) is 4.74 Å². The van der Waals surface area contributed by atoms with E-state index in [0.29, 0.717) is 41.9 Å². The highest BCUT2D eigenvalue weighted by Gasteiger charge is 2.31. The molecule has 0 radical (unpaired) electrons. The zero-order valence-electron chi connectivity index (χ0n) is 17.2. The zero-order chi connectivity index (χ0) is 21.6. The summed E-state index contributed by atoms with van der Waals surface area (Å²) in [5.74, 6) is -3.17. The van der Waals surface area contributed by atoms with Gasteiger partial charge in [0.25, 0.3) is 0 Å². The third kappa shape index (κ3) is 3.77. The molecular formula is C21H23F2N5O2. The summed E-state index contributed by atoms with van der Waals surface area (Å²) >= 11 is 0. The molecule has 3 aromatic heterocycles. The molecule has 0 aromatic carbocycles. The first kappa shape index (κ1) is 20.3. The fraction of sp³-hybridized carbons (Fsp3) is 0.429. The number of rotatable bonds is 5. The fourth-order valence-corrected chi connectivity index (χ4v) is 3.60. The Morgan fingerprint density at radius 3 is 2.67 bits per heavy atom. The van der Waals surface area contributed by atoms with E-state index in [1.165, 1.54) is 6.92 Å². The predicted molar refractivity (Wildman–Crippen MR) is 108 cm³/mol. The summed E-state index contributed by atoms with van der Waals surface area (Å²) in [5, 5.41) is 3.44. The lowest BCUT2D eigenvalue weighted by Gasteiger charge is -2.32. The van der Waals surface area contributed by atoms with Gasteiger partial charge in [0.1, 0.15) is 5.82 Å². The number of hydrogen-bond acceptors (Lipinski definition) is 5. The lowest BCUT2D eigenvalue weighted by atomic mass is 9.99. The van der Waals surface area contributed by atoms with Crippen molar-refractivity contribution in [2.45, 2.75) is 39.7 Å². The number of aromatic nitrogens is 4. The third-order valence-corrected chi connectivity index (χ3v) is 5.33. The van der Waals surface area contributed by atoms with Crippen LogP contribution in [0.4, 0.5) is 14.6 Å². The van der Waals surface area contributed by atoms with Crippen LogP contribution in [0.2, 0.25) is 0 Å². The highest BCUT2D eigenvalue weighted by Crippen LogP contribution is 2.37. The number of amides is 1. The van der Waals surface area contributed by atoms with Crippen LogP contribution in [-0.4, -0.2) is 38.6 Å². The van der Waals surface area contributed by atoms with E-state index in [9.17, 15) is 13.6 Å². The average molecular weight is 415 g/mol. The van der Waals surface area contributed by atoms with Gasteiger partial charge in [0, 0.05) is 48.6 Å². The fourth-order valence-electron chi connectivity index (χ4n) is 3.60. The number of aryl methyl sites for hydroxylation is 1. The van der Waals surface area contributed by atoms with Gasteiger partial charge in [-0.2, -0.15) is 8.78 Å². The monoisotopic (exact) mass is 415 g/mol. The molecule has 1 saturated heterocycles. The molecule has 9 heteroatoms. The second-order valence-electron chi connectivity index (χ2n) is 7.86. The molecule has 158 valence electrons. The summed E-state index contributed by atoms with van der Waals surface area (Å²) in [5.41, 5.74) is 2.37. The minimum atomic E-state index is -3.15. The molecule has 1 fully saturated rings. The van der Waals surface area contributed by atoms with Crippen LogP contribution in [0.3, 0.4) is 0 Å². The number of halogens is 2. The number of hydrogen-bond donors (Lipinski definition) is 1. The first-order valence-electron chi connectivity index (χ1n) is 9.73. The van der Waals surface area contributed by atoms with Gasteiger partial charge in [-0.25, -0.2) is 15.0 Å². The van der Waals surface area contributed by atoms with E-state index >= 15 is 0 Å². The molecule has 1 atom stereocenters. The largest absolute Gasteiger partial charge is 0.381 e. The molecule has 7 nitrogen and oxygen atoms in total. The van der Waals surface area contributed by atoms with Gasteiger partial charge in [-0.05, 0) is 26.0 Å². The first-order chi connectivity index (χ1) is 14.1. The summed E-state index contributed by atoms with van der Waals surface area (Å²) < 4.78 is 35.3. The van der Waals surface area contributed by atoms with Crippen LogP contribution in [0.25, 0.3) is 22.2 Å². The van der Waals surface area contributed by atoms with Gasteiger partial charge in [-0.1, -0.05) is 0 Å². The number of alkyl halides is 2. The number of fused-ring (bicyclic) bond motifs is 1. The quantitative estimate of drug-likeness (QED) is 0.679. The van der Waals surface area contributed by atoms with E-state index in [-0.39, 0.29) is 11.9 Å². The normalized spacial score (nSPS) is 15.8. The second-order valence-corrected chi connectivity index (χ2v) is 7.86. The lowest BCUT2D eigenvalue weighted by molar-refractivity contribution is -0.114. The summed E-state index contributed by atoms with van der Waals surface area (Å²) in [6.45, 7) is 7.29. The molecule has 3 aromatic rings. The van der Waals surface area contributed by atoms with Gasteiger partial charge in [0.15, 0.2) is 5.82 Å². The van der Waals surface area contributed by atoms with Crippen molar-refractivity contribution in [1.29, 1.82) is 0 Å². The van der Waals surface area contributed by atoms with Crippen LogP contribution in [0.1, 0.15) is 38.3 Å². The molecule has 1 unspecified atom stereocenters. The molecule has 4 heterocycles. The van der Waals surface area contributed by atoms with E-state index < -0.39 is 11.7 Å². The summed E-state index contributed by atoms with van der Waals surface area (Å²) in [7, 11) is 0. The molecular weight excluding hydrogens is 392 g/mol. The van der Waals surface area contributed by atoms with Gasteiger partial charge in [-0.15, -0.1) is 0 Å². The Hall–Kier alpha value is -2.94. The van der Waals surface area contributed by atoms with Crippen LogP contribution < -0.4 is 5.32 Å². The summed E-state index contributed by atoms with van der Waals surface area (Å²) in [4.78, 5) is 23.9. The molecule has 0 bridgehead atoms. The molecule has 1 amide bonds. The van der Waals surface area contributed by atoms with Crippen molar-refractivity contribution in [3.05, 3.63) is 36.0 Å². The number of anilines is 1. The Balaban J connectivity index is 1.91. The van der Waals surface area contributed by atoms with Crippen molar-refractivity contribution in [1.82, 2.24) is 19.5 Å². The Kier molecular flexibility index (Phi) is 5.01. The first-order valence-corrected chi connectivity index (χ1v) is 9.73. The number of carbonyl (C=O) groups excluding carboxylic acids is 1. The van der Waals surface area contributed by atoms with Crippen molar-refractivity contribution in [2.24, 2.45) is 5.92 Å². The smallest absolute Gasteiger partial charge is 0.303 e. The standard InChI is InChI=1S/C21H23F2N5O2/c1-11-5-17(27-20(25-11)21(4,22)23)16-8-28(12(2)14-9-30-10-14)18-7-24-19(6-15(16)18)26-13(3)29/h5-8,12,14H,9-10H2,1-4H3,(H,24,26,29). The SMILES string of the molecule is CC(=O)Nc1cc2c(-c3cc(C)nc(C(C)(F)F)n3)cn(C(C)C3COC3)c2cn1. The van der Waals surface area contributed by atoms with Crippen molar-refractivity contribution in [3.63, 3.8) is 0 Å². The summed E-state index contributed by atoms with van der Waals surface area (Å²) in [6, 6.07) is 3.55. The average Bonchev–Trinajstić information content (AvgIpc) is 2.97. The Bertz CT molecular complexity index is 1120. The Morgan fingerprint density at radius 2 is 2.07 bits per heavy atom. The Morgan fingerprint density at radius 1 is 1.33 bits per heavy atom. The highest BCUT2D eigenvalue weighted by atomic mass is 19.3. The number of carbonyl (C=O) groups is 1. The van der Waals surface area contributed by atoms with Gasteiger partial charge < -0.3 is 14.6 Å². The number of nitrogens with one attached hydrogen (secondary N) is 1. The third-order valence-electron chi connectivity index (χ3n) is 5.33. The van der Waals surface area contributed by atoms with Crippen LogP contribution in [0.15, 0.2) is 24.5 Å². The van der Waals surface area contributed by atoms with E-state index in [0.717, 1.165) is 17.8 Å². The van der Waals surface area contributed by atoms with Crippen molar-refractivity contribution >= 4 is 22.6 Å². The topological polar surface area (TPSA) is 81.9 Å². The maximum atomic E-state index is 13.9. The number of pyridine rings is 1. The number of ether oxygens (including phenoxy) is 1. The lowest BCUT2D eigenvalue weighted by Crippen LogP contribution is -2.34. The second kappa shape index (κ2) is 7.39.